The number of amides is 1. The standard InChI is InChI=1S/C21H16BrNO5/c1-12-18(21(27)28-2)17(11-13-5-3-4-6-16(13)20(25)26)19(24)23(12)15-9-7-14(22)8-10-15/h3-11H,1-2H3,(H,25,26). The van der Waals surface area contributed by atoms with Crippen molar-refractivity contribution in [2.24, 2.45) is 0 Å². The number of aromatic carboxylic acids is 1. The molecule has 1 amide bonds. The van der Waals surface area contributed by atoms with Crippen LogP contribution in [0.4, 0.5) is 5.69 Å². The minimum atomic E-state index is -1.12. The van der Waals surface area contributed by atoms with Crippen LogP contribution in [0.3, 0.4) is 0 Å². The van der Waals surface area contributed by atoms with Crippen LogP contribution < -0.4 is 4.90 Å². The summed E-state index contributed by atoms with van der Waals surface area (Å²) in [7, 11) is 1.23. The van der Waals surface area contributed by atoms with E-state index in [0.29, 0.717) is 16.9 Å². The van der Waals surface area contributed by atoms with Crippen molar-refractivity contribution in [1.29, 1.82) is 0 Å². The Morgan fingerprint density at radius 3 is 2.36 bits per heavy atom. The van der Waals surface area contributed by atoms with Crippen LogP contribution in [0.25, 0.3) is 6.08 Å². The Hall–Kier alpha value is -3.19. The topological polar surface area (TPSA) is 83.9 Å². The van der Waals surface area contributed by atoms with Gasteiger partial charge in [-0.25, -0.2) is 9.59 Å². The first-order chi connectivity index (χ1) is 13.3. The van der Waals surface area contributed by atoms with Crippen LogP contribution in [-0.4, -0.2) is 30.1 Å². The van der Waals surface area contributed by atoms with Gasteiger partial charge in [-0.3, -0.25) is 9.69 Å². The lowest BCUT2D eigenvalue weighted by molar-refractivity contribution is -0.136. The fourth-order valence-electron chi connectivity index (χ4n) is 3.05. The number of methoxy groups -OCH3 is 1. The molecule has 0 unspecified atom stereocenters. The molecule has 1 aliphatic heterocycles. The van der Waals surface area contributed by atoms with Gasteiger partial charge in [-0.05, 0) is 48.9 Å². The van der Waals surface area contributed by atoms with E-state index in [-0.39, 0.29) is 16.7 Å². The molecule has 0 bridgehead atoms. The number of carboxylic acids is 1. The summed E-state index contributed by atoms with van der Waals surface area (Å²) in [4.78, 5) is 38.5. The third-order valence-electron chi connectivity index (χ3n) is 4.37. The Balaban J connectivity index is 2.18. The first kappa shape index (κ1) is 19.6. The summed E-state index contributed by atoms with van der Waals surface area (Å²) < 4.78 is 5.71. The molecule has 1 heterocycles. The highest BCUT2D eigenvalue weighted by molar-refractivity contribution is 9.10. The van der Waals surface area contributed by atoms with Crippen molar-refractivity contribution in [2.45, 2.75) is 6.92 Å². The molecule has 7 heteroatoms. The monoisotopic (exact) mass is 441 g/mol. The third kappa shape index (κ3) is 3.48. The average molecular weight is 442 g/mol. The lowest BCUT2D eigenvalue weighted by Crippen LogP contribution is -2.24. The zero-order chi connectivity index (χ0) is 20.4. The summed E-state index contributed by atoms with van der Waals surface area (Å²) in [5.41, 5.74) is 1.55. The van der Waals surface area contributed by atoms with Crippen LogP contribution in [0.5, 0.6) is 0 Å². The number of benzene rings is 2. The number of carboxylic acid groups (broad SMARTS) is 1. The number of nitrogens with zero attached hydrogens (tertiary/aromatic N) is 1. The maximum Gasteiger partial charge on any atom is 0.340 e. The highest BCUT2D eigenvalue weighted by atomic mass is 79.9. The van der Waals surface area contributed by atoms with Crippen molar-refractivity contribution in [3.8, 4) is 0 Å². The second-order valence-corrected chi connectivity index (χ2v) is 6.94. The molecule has 1 aliphatic rings. The number of rotatable bonds is 4. The predicted octanol–water partition coefficient (Wildman–Crippen LogP) is 4.02. The Labute approximate surface area is 169 Å². The van der Waals surface area contributed by atoms with Gasteiger partial charge in [0.1, 0.15) is 0 Å². The number of carbonyl (C=O) groups excluding carboxylic acids is 2. The summed E-state index contributed by atoms with van der Waals surface area (Å²) >= 11 is 3.35. The molecule has 1 N–H and O–H groups in total. The molecule has 28 heavy (non-hydrogen) atoms. The van der Waals surface area contributed by atoms with Gasteiger partial charge in [0.2, 0.25) is 0 Å². The SMILES string of the molecule is COC(=O)C1=C(C)N(c2ccc(Br)cc2)C(=O)C1=Cc1ccccc1C(=O)O. The summed E-state index contributed by atoms with van der Waals surface area (Å²) in [6.07, 6.45) is 1.42. The molecule has 0 radical (unpaired) electrons. The first-order valence-corrected chi connectivity index (χ1v) is 9.08. The smallest absolute Gasteiger partial charge is 0.340 e. The van der Waals surface area contributed by atoms with Gasteiger partial charge >= 0.3 is 11.9 Å². The highest BCUT2D eigenvalue weighted by Gasteiger charge is 2.38. The Bertz CT molecular complexity index is 1040. The van der Waals surface area contributed by atoms with E-state index >= 15 is 0 Å². The molecule has 0 aromatic heterocycles. The molecule has 0 saturated carbocycles. The average Bonchev–Trinajstić information content (AvgIpc) is 2.92. The molecule has 0 aliphatic carbocycles. The van der Waals surface area contributed by atoms with Gasteiger partial charge in [0.15, 0.2) is 0 Å². The van der Waals surface area contributed by atoms with Gasteiger partial charge in [0.25, 0.3) is 5.91 Å². The molecule has 2 aromatic carbocycles. The molecular formula is C21H16BrNO5. The Kier molecular flexibility index (Phi) is 5.46. The van der Waals surface area contributed by atoms with Gasteiger partial charge in [-0.15, -0.1) is 0 Å². The number of esters is 1. The summed E-state index contributed by atoms with van der Waals surface area (Å²) in [6, 6.07) is 13.3. The highest BCUT2D eigenvalue weighted by Crippen LogP contribution is 2.36. The van der Waals surface area contributed by atoms with E-state index in [0.717, 1.165) is 4.47 Å². The number of ether oxygens (including phenoxy) is 1. The number of carbonyl (C=O) groups is 3. The van der Waals surface area contributed by atoms with Crippen LogP contribution in [0, 0.1) is 0 Å². The van der Waals surface area contributed by atoms with Crippen molar-refractivity contribution in [3.05, 3.63) is 81.0 Å². The lowest BCUT2D eigenvalue weighted by Gasteiger charge is -2.18. The van der Waals surface area contributed by atoms with E-state index in [4.69, 9.17) is 4.74 Å². The minimum Gasteiger partial charge on any atom is -0.478 e. The minimum absolute atomic E-state index is 0.0340. The van der Waals surface area contributed by atoms with Crippen molar-refractivity contribution in [2.75, 3.05) is 12.0 Å². The van der Waals surface area contributed by atoms with E-state index < -0.39 is 17.8 Å². The van der Waals surface area contributed by atoms with Crippen molar-refractivity contribution >= 4 is 45.5 Å². The maximum atomic E-state index is 13.2. The molecule has 3 rings (SSSR count). The van der Waals surface area contributed by atoms with Gasteiger partial charge < -0.3 is 9.84 Å². The second-order valence-electron chi connectivity index (χ2n) is 6.02. The van der Waals surface area contributed by atoms with Gasteiger partial charge in [-0.2, -0.15) is 0 Å². The van der Waals surface area contributed by atoms with E-state index in [1.54, 1.807) is 49.4 Å². The zero-order valence-electron chi connectivity index (χ0n) is 15.1. The third-order valence-corrected chi connectivity index (χ3v) is 4.89. The van der Waals surface area contributed by atoms with Crippen LogP contribution >= 0.6 is 15.9 Å². The molecule has 0 spiro atoms. The van der Waals surface area contributed by atoms with E-state index in [2.05, 4.69) is 15.9 Å². The van der Waals surface area contributed by atoms with E-state index in [1.807, 2.05) is 0 Å². The molecule has 2 aromatic rings. The molecule has 0 fully saturated rings. The fourth-order valence-corrected chi connectivity index (χ4v) is 3.32. The largest absolute Gasteiger partial charge is 0.478 e. The number of anilines is 1. The first-order valence-electron chi connectivity index (χ1n) is 8.28. The van der Waals surface area contributed by atoms with Gasteiger partial charge in [0.05, 0.1) is 23.8 Å². The molecule has 6 nitrogen and oxygen atoms in total. The normalized spacial score (nSPS) is 15.3. The molecule has 142 valence electrons. The van der Waals surface area contributed by atoms with Crippen LogP contribution in [-0.2, 0) is 14.3 Å². The van der Waals surface area contributed by atoms with E-state index in [1.165, 1.54) is 24.2 Å². The van der Waals surface area contributed by atoms with Gasteiger partial charge in [-0.1, -0.05) is 34.1 Å². The summed E-state index contributed by atoms with van der Waals surface area (Å²) in [6.45, 7) is 1.65. The number of hydrogen-bond donors (Lipinski definition) is 1. The molecule has 0 atom stereocenters. The molecular weight excluding hydrogens is 426 g/mol. The van der Waals surface area contributed by atoms with Crippen molar-refractivity contribution < 1.29 is 24.2 Å². The van der Waals surface area contributed by atoms with Crippen LogP contribution in [0.2, 0.25) is 0 Å². The Morgan fingerprint density at radius 1 is 1.11 bits per heavy atom. The van der Waals surface area contributed by atoms with Crippen molar-refractivity contribution in [1.82, 2.24) is 0 Å². The zero-order valence-corrected chi connectivity index (χ0v) is 16.7. The summed E-state index contributed by atoms with van der Waals surface area (Å²) in [5.74, 6) is -2.21. The van der Waals surface area contributed by atoms with Crippen LogP contribution in [0.1, 0.15) is 22.8 Å². The number of allylic oxidation sites excluding steroid dienone is 1. The fraction of sp³-hybridized carbons (Fsp3) is 0.0952. The van der Waals surface area contributed by atoms with E-state index in [9.17, 15) is 19.5 Å². The predicted molar refractivity (Wildman–Crippen MR) is 108 cm³/mol. The Morgan fingerprint density at radius 2 is 1.75 bits per heavy atom. The maximum absolute atomic E-state index is 13.2. The number of halogens is 1. The molecule has 0 saturated heterocycles. The van der Waals surface area contributed by atoms with Crippen LogP contribution in [0.15, 0.2) is 69.8 Å². The second kappa shape index (κ2) is 7.82. The van der Waals surface area contributed by atoms with Crippen molar-refractivity contribution in [3.63, 3.8) is 0 Å². The lowest BCUT2D eigenvalue weighted by atomic mass is 10.0. The van der Waals surface area contributed by atoms with Gasteiger partial charge in [0, 0.05) is 15.9 Å². The number of hydrogen-bond acceptors (Lipinski definition) is 4. The quantitative estimate of drug-likeness (QED) is 0.571. The summed E-state index contributed by atoms with van der Waals surface area (Å²) in [5, 5.41) is 9.40.